The number of carbonyl (C=O) groups excluding carboxylic acids is 1. The maximum absolute atomic E-state index is 13.6. The SMILES string of the molecule is CC(F)(F)OCCOc1nnc([C@H]2CC[C@H](NC(=O)COc3ccc(C(F)(F)F)c(F)c3)CO2)o1. The van der Waals surface area contributed by atoms with Gasteiger partial charge in [0.05, 0.1) is 24.8 Å². The highest BCUT2D eigenvalue weighted by Gasteiger charge is 2.34. The Morgan fingerprint density at radius 1 is 1.14 bits per heavy atom. The average molecular weight is 513 g/mol. The van der Waals surface area contributed by atoms with Crippen molar-refractivity contribution in [2.24, 2.45) is 0 Å². The molecule has 0 radical (unpaired) electrons. The summed E-state index contributed by atoms with van der Waals surface area (Å²) in [7, 11) is 0. The molecule has 3 rings (SSSR count). The zero-order valence-electron chi connectivity index (χ0n) is 18.2. The molecule has 9 nitrogen and oxygen atoms in total. The van der Waals surface area contributed by atoms with Gasteiger partial charge in [0.25, 0.3) is 5.91 Å². The number of amides is 1. The van der Waals surface area contributed by atoms with Gasteiger partial charge >= 0.3 is 18.4 Å². The molecule has 1 aromatic carbocycles. The van der Waals surface area contributed by atoms with E-state index in [1.807, 2.05) is 0 Å². The number of hydrogen-bond donors (Lipinski definition) is 1. The second kappa shape index (κ2) is 11.1. The molecule has 1 fully saturated rings. The van der Waals surface area contributed by atoms with Crippen LogP contribution >= 0.6 is 0 Å². The van der Waals surface area contributed by atoms with Gasteiger partial charge in [-0.1, -0.05) is 5.10 Å². The Morgan fingerprint density at radius 2 is 1.91 bits per heavy atom. The lowest BCUT2D eigenvalue weighted by Crippen LogP contribution is -2.43. The van der Waals surface area contributed by atoms with Gasteiger partial charge in [0.2, 0.25) is 5.89 Å². The molecule has 2 atom stereocenters. The van der Waals surface area contributed by atoms with E-state index in [0.29, 0.717) is 31.9 Å². The van der Waals surface area contributed by atoms with E-state index in [2.05, 4.69) is 20.3 Å². The Hall–Kier alpha value is -3.07. The predicted molar refractivity (Wildman–Crippen MR) is 103 cm³/mol. The van der Waals surface area contributed by atoms with Crippen LogP contribution in [0.1, 0.15) is 37.3 Å². The molecule has 0 spiro atoms. The summed E-state index contributed by atoms with van der Waals surface area (Å²) in [6.45, 7) is -0.473. The molecule has 15 heteroatoms. The van der Waals surface area contributed by atoms with Gasteiger partial charge in [-0.3, -0.25) is 4.79 Å². The minimum absolute atomic E-state index is 0.0866. The summed E-state index contributed by atoms with van der Waals surface area (Å²) in [5, 5.41) is 10.0. The van der Waals surface area contributed by atoms with Crippen LogP contribution < -0.4 is 14.8 Å². The number of aromatic nitrogens is 2. The normalized spacial score (nSPS) is 18.8. The molecule has 1 aliphatic rings. The second-order valence-electron chi connectivity index (χ2n) is 7.50. The van der Waals surface area contributed by atoms with Crippen LogP contribution in [0.4, 0.5) is 26.3 Å². The first kappa shape index (κ1) is 26.5. The smallest absolute Gasteiger partial charge is 0.419 e. The van der Waals surface area contributed by atoms with Gasteiger partial charge in [-0.2, -0.15) is 22.0 Å². The summed E-state index contributed by atoms with van der Waals surface area (Å²) in [6, 6.07) is 1.61. The van der Waals surface area contributed by atoms with Crippen LogP contribution in [0, 0.1) is 5.82 Å². The van der Waals surface area contributed by atoms with E-state index in [0.717, 1.165) is 6.07 Å². The molecule has 194 valence electrons. The summed E-state index contributed by atoms with van der Waals surface area (Å²) in [5.74, 6) is -2.20. The lowest BCUT2D eigenvalue weighted by Gasteiger charge is -2.27. The van der Waals surface area contributed by atoms with E-state index < -0.39 is 48.3 Å². The number of ether oxygens (including phenoxy) is 4. The minimum Gasteiger partial charge on any atom is -0.484 e. The summed E-state index contributed by atoms with van der Waals surface area (Å²) in [4.78, 5) is 12.1. The van der Waals surface area contributed by atoms with Crippen LogP contribution in [0.3, 0.4) is 0 Å². The van der Waals surface area contributed by atoms with Crippen molar-refractivity contribution in [3.8, 4) is 11.8 Å². The molecule has 0 aliphatic carbocycles. The molecule has 2 heterocycles. The first-order valence-electron chi connectivity index (χ1n) is 10.3. The van der Waals surface area contributed by atoms with Crippen molar-refractivity contribution in [2.45, 2.75) is 44.2 Å². The number of hydrogen-bond acceptors (Lipinski definition) is 8. The summed E-state index contributed by atoms with van der Waals surface area (Å²) >= 11 is 0. The second-order valence-corrected chi connectivity index (χ2v) is 7.50. The highest BCUT2D eigenvalue weighted by Crippen LogP contribution is 2.33. The van der Waals surface area contributed by atoms with Crippen LogP contribution in [0.25, 0.3) is 0 Å². The van der Waals surface area contributed by atoms with Gasteiger partial charge in [-0.15, -0.1) is 5.10 Å². The Bertz CT molecular complexity index is 988. The fourth-order valence-corrected chi connectivity index (χ4v) is 3.05. The zero-order chi connectivity index (χ0) is 25.6. The molecule has 0 bridgehead atoms. The van der Waals surface area contributed by atoms with Crippen LogP contribution in [0.2, 0.25) is 0 Å². The molecule has 1 saturated heterocycles. The van der Waals surface area contributed by atoms with Crippen molar-refractivity contribution in [3.05, 3.63) is 35.5 Å². The van der Waals surface area contributed by atoms with E-state index >= 15 is 0 Å². The third kappa shape index (κ3) is 8.28. The molecule has 2 aromatic rings. The number of nitrogens with one attached hydrogen (secondary N) is 1. The Labute approximate surface area is 194 Å². The van der Waals surface area contributed by atoms with Gasteiger partial charge in [0.15, 0.2) is 6.61 Å². The Kier molecular flexibility index (Phi) is 8.43. The van der Waals surface area contributed by atoms with Crippen molar-refractivity contribution in [1.82, 2.24) is 15.5 Å². The van der Waals surface area contributed by atoms with Crippen LogP contribution in [-0.4, -0.2) is 54.7 Å². The number of nitrogens with zero attached hydrogens (tertiary/aromatic N) is 2. The van der Waals surface area contributed by atoms with Gasteiger partial charge in [0.1, 0.15) is 24.3 Å². The Morgan fingerprint density at radius 3 is 2.54 bits per heavy atom. The first-order valence-corrected chi connectivity index (χ1v) is 10.3. The average Bonchev–Trinajstić information content (AvgIpc) is 3.23. The summed E-state index contributed by atoms with van der Waals surface area (Å²) in [6.07, 6.45) is -8.07. The topological polar surface area (TPSA) is 105 Å². The van der Waals surface area contributed by atoms with E-state index in [-0.39, 0.29) is 37.5 Å². The fraction of sp³-hybridized carbons (Fsp3) is 0.550. The third-order valence-electron chi connectivity index (χ3n) is 4.62. The quantitative estimate of drug-likeness (QED) is 0.379. The highest BCUT2D eigenvalue weighted by molar-refractivity contribution is 5.77. The maximum atomic E-state index is 13.6. The molecule has 1 amide bonds. The monoisotopic (exact) mass is 513 g/mol. The number of benzene rings is 1. The van der Waals surface area contributed by atoms with E-state index in [1.165, 1.54) is 0 Å². The van der Waals surface area contributed by atoms with Crippen molar-refractivity contribution in [1.29, 1.82) is 0 Å². The summed E-state index contributed by atoms with van der Waals surface area (Å²) < 4.78 is 102. The first-order chi connectivity index (χ1) is 16.4. The highest BCUT2D eigenvalue weighted by atomic mass is 19.4. The summed E-state index contributed by atoms with van der Waals surface area (Å²) in [5.41, 5.74) is -1.43. The number of alkyl halides is 5. The number of carbonyl (C=O) groups is 1. The van der Waals surface area contributed by atoms with E-state index in [4.69, 9.17) is 18.6 Å². The molecule has 1 aromatic heterocycles. The van der Waals surface area contributed by atoms with Crippen LogP contribution in [0.15, 0.2) is 22.6 Å². The minimum atomic E-state index is -4.83. The maximum Gasteiger partial charge on any atom is 0.419 e. The molecule has 1 N–H and O–H groups in total. The van der Waals surface area contributed by atoms with Gasteiger partial charge in [-0.05, 0) is 25.0 Å². The fourth-order valence-electron chi connectivity index (χ4n) is 3.05. The standard InChI is InChI=1S/C20H21F6N3O6/c1-19(22,23)34-7-6-31-18-29-28-17(35-18)15-5-2-11(9-33-15)27-16(30)10-32-12-3-4-13(14(21)8-12)20(24,25)26/h3-4,8,11,15H,2,5-7,9-10H2,1H3,(H,27,30)/t11-,15+/m0/s1. The lowest BCUT2D eigenvalue weighted by atomic mass is 10.1. The molecular formula is C20H21F6N3O6. The van der Waals surface area contributed by atoms with Crippen molar-refractivity contribution >= 4 is 5.91 Å². The molecule has 1 aliphatic heterocycles. The Balaban J connectivity index is 1.38. The predicted octanol–water partition coefficient (Wildman–Crippen LogP) is 3.65. The van der Waals surface area contributed by atoms with Crippen LogP contribution in [0.5, 0.6) is 11.8 Å². The lowest BCUT2D eigenvalue weighted by molar-refractivity contribution is -0.226. The van der Waals surface area contributed by atoms with Gasteiger partial charge in [0, 0.05) is 13.0 Å². The molecular weight excluding hydrogens is 492 g/mol. The van der Waals surface area contributed by atoms with Crippen molar-refractivity contribution < 1.29 is 54.5 Å². The van der Waals surface area contributed by atoms with Gasteiger partial charge in [-0.25, -0.2) is 4.39 Å². The van der Waals surface area contributed by atoms with Crippen molar-refractivity contribution in [2.75, 3.05) is 26.4 Å². The number of halogens is 6. The number of rotatable bonds is 10. The zero-order valence-corrected chi connectivity index (χ0v) is 18.2. The third-order valence-corrected chi connectivity index (χ3v) is 4.62. The largest absolute Gasteiger partial charge is 0.484 e. The van der Waals surface area contributed by atoms with E-state index in [9.17, 15) is 31.1 Å². The molecule has 0 saturated carbocycles. The molecule has 0 unspecified atom stereocenters. The van der Waals surface area contributed by atoms with Crippen molar-refractivity contribution in [3.63, 3.8) is 0 Å². The van der Waals surface area contributed by atoms with Gasteiger partial charge < -0.3 is 28.7 Å². The molecule has 35 heavy (non-hydrogen) atoms. The van der Waals surface area contributed by atoms with E-state index in [1.54, 1.807) is 0 Å². The van der Waals surface area contributed by atoms with Crippen LogP contribution in [-0.2, 0) is 20.4 Å².